The Morgan fingerprint density at radius 3 is 2.43 bits per heavy atom. The summed E-state index contributed by atoms with van der Waals surface area (Å²) in [5.74, 6) is 0.808. The van der Waals surface area contributed by atoms with Crippen molar-refractivity contribution in [3.8, 4) is 5.75 Å². The molecule has 0 aliphatic rings. The van der Waals surface area contributed by atoms with Crippen molar-refractivity contribution < 1.29 is 14.7 Å². The number of hydroxylamine groups is 1. The summed E-state index contributed by atoms with van der Waals surface area (Å²) in [6.45, 7) is 1.91. The molecule has 0 saturated carbocycles. The van der Waals surface area contributed by atoms with Gasteiger partial charge in [-0.2, -0.15) is 5.48 Å². The number of rotatable bonds is 7. The number of benzene rings is 2. The maximum atomic E-state index is 9.46. The summed E-state index contributed by atoms with van der Waals surface area (Å²) in [5.41, 5.74) is 4.97. The Morgan fingerprint density at radius 2 is 1.76 bits per heavy atom. The molecular formula is C17H21NO3. The molecular weight excluding hydrogens is 266 g/mol. The van der Waals surface area contributed by atoms with E-state index in [2.05, 4.69) is 5.48 Å². The standard InChI is InChI=1S/C17H21NO3/c1-13(15-9-6-10-16(11-15)20-2)18-21-17(12-19)14-7-4-3-5-8-14/h3-11,13,17-19H,12H2,1-2H3/t13-,17+/m0/s1. The second-order valence-electron chi connectivity index (χ2n) is 4.82. The first-order chi connectivity index (χ1) is 10.2. The normalized spacial score (nSPS) is 13.7. The summed E-state index contributed by atoms with van der Waals surface area (Å²) in [5, 5.41) is 9.46. The fourth-order valence-corrected chi connectivity index (χ4v) is 2.04. The number of nitrogens with one attached hydrogen (secondary N) is 1. The van der Waals surface area contributed by atoms with E-state index >= 15 is 0 Å². The molecule has 0 aliphatic heterocycles. The van der Waals surface area contributed by atoms with Crippen molar-refractivity contribution in [2.24, 2.45) is 0 Å². The summed E-state index contributed by atoms with van der Waals surface area (Å²) in [6.07, 6.45) is -0.390. The zero-order chi connectivity index (χ0) is 15.1. The highest BCUT2D eigenvalue weighted by Crippen LogP contribution is 2.21. The van der Waals surface area contributed by atoms with E-state index in [0.717, 1.165) is 16.9 Å². The van der Waals surface area contributed by atoms with E-state index in [9.17, 15) is 5.11 Å². The summed E-state index contributed by atoms with van der Waals surface area (Å²) < 4.78 is 5.21. The predicted octanol–water partition coefficient (Wildman–Crippen LogP) is 3.01. The van der Waals surface area contributed by atoms with Crippen molar-refractivity contribution >= 4 is 0 Å². The minimum absolute atomic E-state index is 0.0159. The van der Waals surface area contributed by atoms with Gasteiger partial charge in [-0.25, -0.2) is 0 Å². The maximum Gasteiger partial charge on any atom is 0.127 e. The van der Waals surface area contributed by atoms with Crippen LogP contribution in [0.15, 0.2) is 54.6 Å². The quantitative estimate of drug-likeness (QED) is 0.769. The van der Waals surface area contributed by atoms with Crippen LogP contribution in [0.4, 0.5) is 0 Å². The first-order valence-corrected chi connectivity index (χ1v) is 6.95. The Labute approximate surface area is 125 Å². The first kappa shape index (κ1) is 15.5. The predicted molar refractivity (Wildman–Crippen MR) is 81.9 cm³/mol. The largest absolute Gasteiger partial charge is 0.497 e. The SMILES string of the molecule is COc1cccc([C@H](C)NO[C@H](CO)c2ccccc2)c1. The van der Waals surface area contributed by atoms with Crippen LogP contribution in [0.2, 0.25) is 0 Å². The van der Waals surface area contributed by atoms with Crippen LogP contribution in [0, 0.1) is 0 Å². The smallest absolute Gasteiger partial charge is 0.127 e. The van der Waals surface area contributed by atoms with Gasteiger partial charge in [0, 0.05) is 0 Å². The van der Waals surface area contributed by atoms with E-state index in [1.807, 2.05) is 61.5 Å². The number of hydrogen-bond acceptors (Lipinski definition) is 4. The van der Waals surface area contributed by atoms with Gasteiger partial charge in [0.15, 0.2) is 0 Å². The summed E-state index contributed by atoms with van der Waals surface area (Å²) >= 11 is 0. The molecule has 0 aromatic heterocycles. The van der Waals surface area contributed by atoms with Crippen LogP contribution in [0.1, 0.15) is 30.2 Å². The lowest BCUT2D eigenvalue weighted by atomic mass is 10.1. The second kappa shape index (κ2) is 7.78. The molecule has 0 fully saturated rings. The monoisotopic (exact) mass is 287 g/mol. The van der Waals surface area contributed by atoms with Gasteiger partial charge < -0.3 is 9.84 Å². The molecule has 2 aromatic carbocycles. The van der Waals surface area contributed by atoms with E-state index in [1.165, 1.54) is 0 Å². The third-order valence-electron chi connectivity index (χ3n) is 3.32. The van der Waals surface area contributed by atoms with Gasteiger partial charge in [0.2, 0.25) is 0 Å². The number of aliphatic hydroxyl groups is 1. The van der Waals surface area contributed by atoms with E-state index in [0.29, 0.717) is 0 Å². The highest BCUT2D eigenvalue weighted by Gasteiger charge is 2.13. The van der Waals surface area contributed by atoms with Crippen molar-refractivity contribution in [2.75, 3.05) is 13.7 Å². The maximum absolute atomic E-state index is 9.46. The number of methoxy groups -OCH3 is 1. The Hall–Kier alpha value is -1.88. The molecule has 2 N–H and O–H groups in total. The Bertz CT molecular complexity index is 545. The average Bonchev–Trinajstić information content (AvgIpc) is 2.56. The zero-order valence-corrected chi connectivity index (χ0v) is 12.3. The summed E-state index contributed by atoms with van der Waals surface area (Å²) in [6, 6.07) is 17.4. The van der Waals surface area contributed by atoms with Crippen LogP contribution in [-0.2, 0) is 4.84 Å². The molecule has 0 heterocycles. The summed E-state index contributed by atoms with van der Waals surface area (Å²) in [7, 11) is 1.64. The van der Waals surface area contributed by atoms with Gasteiger partial charge in [-0.05, 0) is 30.2 Å². The first-order valence-electron chi connectivity index (χ1n) is 6.95. The van der Waals surface area contributed by atoms with E-state index in [-0.39, 0.29) is 18.8 Å². The molecule has 4 heteroatoms. The molecule has 0 unspecified atom stereocenters. The van der Waals surface area contributed by atoms with Crippen LogP contribution in [-0.4, -0.2) is 18.8 Å². The molecule has 4 nitrogen and oxygen atoms in total. The second-order valence-corrected chi connectivity index (χ2v) is 4.82. The lowest BCUT2D eigenvalue weighted by molar-refractivity contribution is -0.0668. The van der Waals surface area contributed by atoms with Gasteiger partial charge >= 0.3 is 0 Å². The van der Waals surface area contributed by atoms with Gasteiger partial charge in [-0.1, -0.05) is 42.5 Å². The van der Waals surface area contributed by atoms with E-state index < -0.39 is 0 Å². The van der Waals surface area contributed by atoms with Crippen LogP contribution >= 0.6 is 0 Å². The average molecular weight is 287 g/mol. The molecule has 2 atom stereocenters. The lowest BCUT2D eigenvalue weighted by Crippen LogP contribution is -2.24. The van der Waals surface area contributed by atoms with Crippen LogP contribution in [0.25, 0.3) is 0 Å². The van der Waals surface area contributed by atoms with Crippen molar-refractivity contribution in [2.45, 2.75) is 19.1 Å². The molecule has 112 valence electrons. The van der Waals surface area contributed by atoms with Gasteiger partial charge in [0.05, 0.1) is 19.8 Å². The third-order valence-corrected chi connectivity index (χ3v) is 3.32. The minimum atomic E-state index is -0.390. The minimum Gasteiger partial charge on any atom is -0.497 e. The van der Waals surface area contributed by atoms with Gasteiger partial charge in [-0.15, -0.1) is 0 Å². The molecule has 0 amide bonds. The van der Waals surface area contributed by atoms with Crippen molar-refractivity contribution in [1.82, 2.24) is 5.48 Å². The highest BCUT2D eigenvalue weighted by molar-refractivity contribution is 5.30. The van der Waals surface area contributed by atoms with Gasteiger partial charge in [0.25, 0.3) is 0 Å². The Kier molecular flexibility index (Phi) is 5.75. The number of hydrogen-bond donors (Lipinski definition) is 2. The molecule has 0 radical (unpaired) electrons. The fraction of sp³-hybridized carbons (Fsp3) is 0.294. The topological polar surface area (TPSA) is 50.7 Å². The van der Waals surface area contributed by atoms with E-state index in [4.69, 9.17) is 9.57 Å². The summed E-state index contributed by atoms with van der Waals surface area (Å²) in [4.78, 5) is 5.63. The van der Waals surface area contributed by atoms with Crippen LogP contribution in [0.3, 0.4) is 0 Å². The molecule has 2 rings (SSSR count). The van der Waals surface area contributed by atoms with Crippen molar-refractivity contribution in [1.29, 1.82) is 0 Å². The van der Waals surface area contributed by atoms with Crippen LogP contribution < -0.4 is 10.2 Å². The van der Waals surface area contributed by atoms with E-state index in [1.54, 1.807) is 7.11 Å². The zero-order valence-electron chi connectivity index (χ0n) is 12.3. The van der Waals surface area contributed by atoms with Crippen molar-refractivity contribution in [3.63, 3.8) is 0 Å². The lowest BCUT2D eigenvalue weighted by Gasteiger charge is -2.20. The molecule has 0 saturated heterocycles. The highest BCUT2D eigenvalue weighted by atomic mass is 16.7. The molecule has 2 aromatic rings. The number of aliphatic hydroxyl groups excluding tert-OH is 1. The Morgan fingerprint density at radius 1 is 1.05 bits per heavy atom. The molecule has 0 aliphatic carbocycles. The third kappa shape index (κ3) is 4.29. The van der Waals surface area contributed by atoms with Crippen molar-refractivity contribution in [3.05, 3.63) is 65.7 Å². The van der Waals surface area contributed by atoms with Crippen LogP contribution in [0.5, 0.6) is 5.75 Å². The fourth-order valence-electron chi connectivity index (χ4n) is 2.04. The van der Waals surface area contributed by atoms with Gasteiger partial charge in [-0.3, -0.25) is 4.84 Å². The Balaban J connectivity index is 1.97. The molecule has 0 spiro atoms. The molecule has 21 heavy (non-hydrogen) atoms. The molecule has 0 bridgehead atoms. The van der Waals surface area contributed by atoms with Gasteiger partial charge in [0.1, 0.15) is 11.9 Å². The number of ether oxygens (including phenoxy) is 1.